The Morgan fingerprint density at radius 1 is 1.21 bits per heavy atom. The number of alkyl halides is 2. The number of halogens is 3. The van der Waals surface area contributed by atoms with E-state index in [0.717, 1.165) is 26.6 Å². The minimum absolute atomic E-state index is 0.0210. The average molecular weight is 617 g/mol. The molecular weight excluding hydrogens is 589 g/mol. The summed E-state index contributed by atoms with van der Waals surface area (Å²) in [6.07, 6.45) is 1.66. The van der Waals surface area contributed by atoms with Gasteiger partial charge in [-0.2, -0.15) is 5.10 Å². The molecule has 0 bridgehead atoms. The van der Waals surface area contributed by atoms with Gasteiger partial charge in [-0.05, 0) is 29.7 Å². The van der Waals surface area contributed by atoms with Crippen LogP contribution in [0.1, 0.15) is 0 Å². The molecule has 0 saturated carbocycles. The molecule has 11 nitrogen and oxygen atoms in total. The van der Waals surface area contributed by atoms with Gasteiger partial charge >= 0.3 is 12.0 Å². The van der Waals surface area contributed by atoms with Crippen LogP contribution in [0.25, 0.3) is 32.6 Å². The summed E-state index contributed by atoms with van der Waals surface area (Å²) in [5, 5.41) is 18.2. The summed E-state index contributed by atoms with van der Waals surface area (Å²) in [6, 6.07) is 6.09. The Kier molecular flexibility index (Phi) is 8.92. The Labute approximate surface area is 247 Å². The van der Waals surface area contributed by atoms with Crippen LogP contribution in [-0.4, -0.2) is 88.4 Å². The highest BCUT2D eigenvalue weighted by atomic mass is 32.1. The molecule has 0 aliphatic carbocycles. The van der Waals surface area contributed by atoms with E-state index in [1.54, 1.807) is 16.9 Å². The first kappa shape index (κ1) is 30.0. The second-order valence-corrected chi connectivity index (χ2v) is 10.5. The van der Waals surface area contributed by atoms with Crippen molar-refractivity contribution in [2.75, 3.05) is 39.5 Å². The number of aryl methyl sites for hydroxylation is 1. The predicted molar refractivity (Wildman–Crippen MR) is 151 cm³/mol. The number of benzene rings is 1. The fraction of sp³-hybridized carbons (Fsp3) is 0.321. The number of nitrogens with one attached hydrogen (secondary N) is 1. The smallest absolute Gasteiger partial charge is 0.407 e. The summed E-state index contributed by atoms with van der Waals surface area (Å²) in [7, 11) is 1.82. The van der Waals surface area contributed by atoms with Crippen LogP contribution in [0.15, 0.2) is 54.7 Å². The number of rotatable bonds is 11. The zero-order chi connectivity index (χ0) is 30.6. The largest absolute Gasteiger partial charge is 0.490 e. The standard InChI is InChI=1S/C28H27F3N6O5S/c1-3-23(38)37-15-22(28(30,31)16-37)42-27(39)32-7-8-40-9-10-41-21-12-18(29)4-5-19(21)25-26-20(6-11-43-26)24(34-35-25)17-13-33-36(2)14-17/h3-6,11-14,22H,1,7-10,15-16H2,2H3,(H,32,39). The molecule has 1 aliphatic rings. The van der Waals surface area contributed by atoms with Gasteiger partial charge in [-0.3, -0.25) is 9.48 Å². The molecule has 1 unspecified atom stereocenters. The molecule has 3 aromatic heterocycles. The number of amides is 2. The minimum Gasteiger partial charge on any atom is -0.490 e. The maximum atomic E-state index is 14.2. The number of carbonyl (C=O) groups excluding carboxylic acids is 2. The lowest BCUT2D eigenvalue weighted by molar-refractivity contribution is -0.126. The van der Waals surface area contributed by atoms with Gasteiger partial charge in [0.05, 0.1) is 37.2 Å². The van der Waals surface area contributed by atoms with Gasteiger partial charge in [0, 0.05) is 42.4 Å². The lowest BCUT2D eigenvalue weighted by atomic mass is 10.1. The first-order valence-electron chi connectivity index (χ1n) is 13.1. The van der Waals surface area contributed by atoms with E-state index in [2.05, 4.69) is 27.2 Å². The number of carbonyl (C=O) groups is 2. The summed E-state index contributed by atoms with van der Waals surface area (Å²) >= 11 is 1.48. The van der Waals surface area contributed by atoms with E-state index in [-0.39, 0.29) is 32.1 Å². The number of alkyl carbamates (subject to hydrolysis) is 1. The van der Waals surface area contributed by atoms with Crippen molar-refractivity contribution in [2.45, 2.75) is 12.0 Å². The van der Waals surface area contributed by atoms with Gasteiger partial charge in [-0.1, -0.05) is 6.58 Å². The second-order valence-electron chi connectivity index (χ2n) is 9.57. The van der Waals surface area contributed by atoms with E-state index in [1.165, 1.54) is 23.5 Å². The minimum atomic E-state index is -3.37. The van der Waals surface area contributed by atoms with Gasteiger partial charge in [-0.25, -0.2) is 18.0 Å². The van der Waals surface area contributed by atoms with Crippen molar-refractivity contribution in [3.8, 4) is 28.3 Å². The third kappa shape index (κ3) is 6.78. The van der Waals surface area contributed by atoms with Crippen LogP contribution in [-0.2, 0) is 21.3 Å². The Bertz CT molecular complexity index is 1640. The number of nitrogens with zero attached hydrogens (tertiary/aromatic N) is 5. The maximum absolute atomic E-state index is 14.2. The number of likely N-dealkylation sites (tertiary alicyclic amines) is 1. The van der Waals surface area contributed by atoms with Crippen molar-refractivity contribution in [3.05, 3.63) is 60.5 Å². The molecule has 15 heteroatoms. The zero-order valence-corrected chi connectivity index (χ0v) is 23.8. The molecule has 1 N–H and O–H groups in total. The molecule has 1 atom stereocenters. The van der Waals surface area contributed by atoms with Crippen LogP contribution in [0.5, 0.6) is 5.75 Å². The molecule has 0 spiro atoms. The van der Waals surface area contributed by atoms with Gasteiger partial charge < -0.3 is 24.4 Å². The number of thiophene rings is 1. The number of fused-ring (bicyclic) bond motifs is 1. The van der Waals surface area contributed by atoms with Gasteiger partial charge in [0.25, 0.3) is 0 Å². The van der Waals surface area contributed by atoms with Gasteiger partial charge in [0.2, 0.25) is 5.91 Å². The molecule has 1 saturated heterocycles. The Hall–Kier alpha value is -4.50. The Morgan fingerprint density at radius 3 is 2.79 bits per heavy atom. The highest BCUT2D eigenvalue weighted by Crippen LogP contribution is 2.39. The molecule has 4 aromatic rings. The number of hydrogen-bond acceptors (Lipinski definition) is 9. The molecule has 0 radical (unpaired) electrons. The molecule has 43 heavy (non-hydrogen) atoms. The van der Waals surface area contributed by atoms with E-state index >= 15 is 0 Å². The fourth-order valence-electron chi connectivity index (χ4n) is 4.51. The lowest BCUT2D eigenvalue weighted by Crippen LogP contribution is -2.39. The third-order valence-electron chi connectivity index (χ3n) is 6.56. The van der Waals surface area contributed by atoms with Crippen LogP contribution in [0.4, 0.5) is 18.0 Å². The van der Waals surface area contributed by atoms with E-state index in [1.807, 2.05) is 24.7 Å². The van der Waals surface area contributed by atoms with Crippen molar-refractivity contribution in [1.29, 1.82) is 0 Å². The number of aromatic nitrogens is 4. The monoisotopic (exact) mass is 616 g/mol. The molecule has 2 amide bonds. The SMILES string of the molecule is C=CC(=O)N1CC(OC(=O)NCCOCCOc2cc(F)ccc2-c2nnc(-c3cnn(C)c3)c3ccsc23)C(F)(F)C1. The van der Waals surface area contributed by atoms with E-state index in [9.17, 15) is 22.8 Å². The van der Waals surface area contributed by atoms with E-state index in [0.29, 0.717) is 17.0 Å². The first-order chi connectivity index (χ1) is 20.7. The molecule has 1 aliphatic heterocycles. The van der Waals surface area contributed by atoms with Crippen LogP contribution >= 0.6 is 11.3 Å². The van der Waals surface area contributed by atoms with Crippen molar-refractivity contribution >= 4 is 33.4 Å². The van der Waals surface area contributed by atoms with Crippen LogP contribution in [0.2, 0.25) is 0 Å². The summed E-state index contributed by atoms with van der Waals surface area (Å²) in [5.41, 5.74) is 2.61. The zero-order valence-electron chi connectivity index (χ0n) is 23.0. The first-order valence-corrected chi connectivity index (χ1v) is 14.0. The van der Waals surface area contributed by atoms with Crippen LogP contribution in [0.3, 0.4) is 0 Å². The molecule has 4 heterocycles. The van der Waals surface area contributed by atoms with Gasteiger partial charge in [-0.15, -0.1) is 21.5 Å². The van der Waals surface area contributed by atoms with Gasteiger partial charge in [0.1, 0.15) is 29.6 Å². The highest BCUT2D eigenvalue weighted by molar-refractivity contribution is 7.17. The quantitative estimate of drug-likeness (QED) is 0.198. The number of ether oxygens (including phenoxy) is 3. The summed E-state index contributed by atoms with van der Waals surface area (Å²) < 4.78 is 60.9. The summed E-state index contributed by atoms with van der Waals surface area (Å²) in [5.74, 6) is -4.28. The highest BCUT2D eigenvalue weighted by Gasteiger charge is 2.51. The van der Waals surface area contributed by atoms with Crippen molar-refractivity contribution < 1.29 is 37.0 Å². The molecule has 1 aromatic carbocycles. The van der Waals surface area contributed by atoms with E-state index < -0.39 is 42.9 Å². The molecule has 1 fully saturated rings. The summed E-state index contributed by atoms with van der Waals surface area (Å²) in [6.45, 7) is 2.14. The fourth-order valence-corrected chi connectivity index (χ4v) is 5.40. The van der Waals surface area contributed by atoms with Crippen LogP contribution < -0.4 is 10.1 Å². The van der Waals surface area contributed by atoms with Crippen LogP contribution in [0, 0.1) is 5.82 Å². The normalized spacial score (nSPS) is 15.9. The number of hydrogen-bond donors (Lipinski definition) is 1. The van der Waals surface area contributed by atoms with Crippen molar-refractivity contribution in [2.24, 2.45) is 7.05 Å². The predicted octanol–water partition coefficient (Wildman–Crippen LogP) is 4.05. The second kappa shape index (κ2) is 12.8. The Morgan fingerprint density at radius 2 is 2.02 bits per heavy atom. The molecule has 226 valence electrons. The molecule has 5 rings (SSSR count). The van der Waals surface area contributed by atoms with Gasteiger partial charge in [0.15, 0.2) is 6.10 Å². The topological polar surface area (TPSA) is 121 Å². The molecular formula is C28H27F3N6O5S. The van der Waals surface area contributed by atoms with Crippen molar-refractivity contribution in [1.82, 2.24) is 30.2 Å². The van der Waals surface area contributed by atoms with E-state index in [4.69, 9.17) is 14.2 Å². The lowest BCUT2D eigenvalue weighted by Gasteiger charge is -2.18. The average Bonchev–Trinajstić information content (AvgIpc) is 3.71. The maximum Gasteiger partial charge on any atom is 0.407 e. The Balaban J connectivity index is 1.12. The summed E-state index contributed by atoms with van der Waals surface area (Å²) in [4.78, 5) is 24.4. The van der Waals surface area contributed by atoms with Crippen molar-refractivity contribution in [3.63, 3.8) is 0 Å². The third-order valence-corrected chi connectivity index (χ3v) is 7.48.